The Kier molecular flexibility index (Phi) is 2.80. The number of carbonyl (C=O) groups excluding carboxylic acids is 1. The molecule has 3 aromatic rings. The molecule has 0 saturated heterocycles. The van der Waals surface area contributed by atoms with Crippen molar-refractivity contribution in [3.8, 4) is 11.5 Å². The third-order valence-electron chi connectivity index (χ3n) is 4.86. The van der Waals surface area contributed by atoms with Crippen LogP contribution in [-0.4, -0.2) is 17.0 Å². The van der Waals surface area contributed by atoms with Crippen LogP contribution in [0.5, 0.6) is 11.5 Å². The van der Waals surface area contributed by atoms with Crippen LogP contribution in [0.4, 0.5) is 0 Å². The van der Waals surface area contributed by atoms with E-state index in [9.17, 15) is 14.7 Å². The highest BCUT2D eigenvalue weighted by atomic mass is 16.6. The minimum absolute atomic E-state index is 0.103. The third-order valence-corrected chi connectivity index (χ3v) is 4.86. The molecule has 0 amide bonds. The van der Waals surface area contributed by atoms with Gasteiger partial charge in [-0.05, 0) is 30.3 Å². The summed E-state index contributed by atoms with van der Waals surface area (Å²) in [6.07, 6.45) is 0. The largest absolute Gasteiger partial charge is 0.478 e. The Bertz CT molecular complexity index is 1100. The van der Waals surface area contributed by atoms with Crippen molar-refractivity contribution in [3.63, 3.8) is 0 Å². The predicted molar refractivity (Wildman–Crippen MR) is 91.7 cm³/mol. The first-order chi connectivity index (χ1) is 12.6. The van der Waals surface area contributed by atoms with E-state index in [-0.39, 0.29) is 5.56 Å². The van der Waals surface area contributed by atoms with Crippen LogP contribution in [-0.2, 0) is 10.3 Å². The number of rotatable bonds is 1. The number of carboxylic acids is 1. The molecule has 1 unspecified atom stereocenters. The first-order valence-corrected chi connectivity index (χ1v) is 8.09. The molecular formula is C21H12O5. The van der Waals surface area contributed by atoms with Gasteiger partial charge in [-0.3, -0.25) is 0 Å². The molecule has 0 radical (unpaired) electrons. The van der Waals surface area contributed by atoms with E-state index < -0.39 is 17.5 Å². The average Bonchev–Trinajstić information content (AvgIpc) is 2.96. The van der Waals surface area contributed by atoms with Crippen LogP contribution in [0.1, 0.15) is 37.4 Å². The lowest BCUT2D eigenvalue weighted by molar-refractivity contribution is 0.0224. The Morgan fingerprint density at radius 2 is 1.54 bits per heavy atom. The van der Waals surface area contributed by atoms with Crippen LogP contribution >= 0.6 is 0 Å². The summed E-state index contributed by atoms with van der Waals surface area (Å²) in [7, 11) is 0. The van der Waals surface area contributed by atoms with Gasteiger partial charge in [0.15, 0.2) is 5.60 Å². The molecule has 5 rings (SSSR count). The number of carbonyl (C=O) groups is 2. The second kappa shape index (κ2) is 4.95. The van der Waals surface area contributed by atoms with E-state index in [1.54, 1.807) is 24.3 Å². The van der Waals surface area contributed by atoms with Crippen molar-refractivity contribution < 1.29 is 24.2 Å². The van der Waals surface area contributed by atoms with E-state index >= 15 is 0 Å². The number of para-hydroxylation sites is 1. The second-order valence-electron chi connectivity index (χ2n) is 6.23. The van der Waals surface area contributed by atoms with Crippen LogP contribution in [0.25, 0.3) is 0 Å². The maximum absolute atomic E-state index is 12.6. The standard InChI is InChI=1S/C21H12O5/c22-19(23)12-9-10-18-16(11-12)21(15-7-3-4-8-17(15)25-18)14-6-2-1-5-13(14)20(24)26-21/h1-11H,(H,22,23). The summed E-state index contributed by atoms with van der Waals surface area (Å²) < 4.78 is 11.9. The fraction of sp³-hybridized carbons (Fsp3) is 0.0476. The number of esters is 1. The molecule has 0 bridgehead atoms. The molecule has 0 saturated carbocycles. The van der Waals surface area contributed by atoms with Gasteiger partial charge in [0, 0.05) is 16.7 Å². The van der Waals surface area contributed by atoms with Crippen molar-refractivity contribution in [1.29, 1.82) is 0 Å². The molecule has 1 spiro atoms. The number of hydrogen-bond donors (Lipinski definition) is 1. The minimum atomic E-state index is -1.22. The van der Waals surface area contributed by atoms with Gasteiger partial charge in [-0.2, -0.15) is 0 Å². The van der Waals surface area contributed by atoms with Crippen LogP contribution in [0, 0.1) is 0 Å². The van der Waals surface area contributed by atoms with Crippen LogP contribution in [0.15, 0.2) is 66.7 Å². The van der Waals surface area contributed by atoms with Gasteiger partial charge in [-0.15, -0.1) is 0 Å². The van der Waals surface area contributed by atoms with Gasteiger partial charge in [0.1, 0.15) is 11.5 Å². The number of fused-ring (bicyclic) bond motifs is 6. The van der Waals surface area contributed by atoms with Crippen molar-refractivity contribution in [2.45, 2.75) is 5.60 Å². The van der Waals surface area contributed by atoms with Crippen molar-refractivity contribution in [2.75, 3.05) is 0 Å². The summed E-state index contributed by atoms with van der Waals surface area (Å²) in [6.45, 7) is 0. The van der Waals surface area contributed by atoms with E-state index in [0.29, 0.717) is 33.8 Å². The Morgan fingerprint density at radius 3 is 2.35 bits per heavy atom. The summed E-state index contributed by atoms with van der Waals surface area (Å²) in [5.41, 5.74) is 1.22. The van der Waals surface area contributed by atoms with Crippen molar-refractivity contribution in [3.05, 3.63) is 94.5 Å². The molecule has 5 nitrogen and oxygen atoms in total. The second-order valence-corrected chi connectivity index (χ2v) is 6.23. The fourth-order valence-electron chi connectivity index (χ4n) is 3.75. The highest BCUT2D eigenvalue weighted by Crippen LogP contribution is 2.55. The molecule has 0 aromatic heterocycles. The summed E-state index contributed by atoms with van der Waals surface area (Å²) in [4.78, 5) is 24.1. The summed E-state index contributed by atoms with van der Waals surface area (Å²) in [5, 5.41) is 9.41. The molecule has 1 atom stereocenters. The van der Waals surface area contributed by atoms with Crippen LogP contribution in [0.2, 0.25) is 0 Å². The molecule has 1 N–H and O–H groups in total. The van der Waals surface area contributed by atoms with Crippen molar-refractivity contribution in [1.82, 2.24) is 0 Å². The number of benzene rings is 3. The van der Waals surface area contributed by atoms with E-state index in [1.807, 2.05) is 30.3 Å². The number of hydrogen-bond acceptors (Lipinski definition) is 4. The lowest BCUT2D eigenvalue weighted by atomic mass is 9.77. The number of aromatic carboxylic acids is 1. The maximum atomic E-state index is 12.6. The van der Waals surface area contributed by atoms with E-state index in [0.717, 1.165) is 0 Å². The normalized spacial score (nSPS) is 19.2. The lowest BCUT2D eigenvalue weighted by Crippen LogP contribution is -2.33. The highest BCUT2D eigenvalue weighted by Gasteiger charge is 2.53. The molecule has 2 aliphatic rings. The monoisotopic (exact) mass is 344 g/mol. The van der Waals surface area contributed by atoms with Crippen molar-refractivity contribution >= 4 is 11.9 Å². The van der Waals surface area contributed by atoms with E-state index in [2.05, 4.69) is 0 Å². The van der Waals surface area contributed by atoms with Gasteiger partial charge in [0.25, 0.3) is 0 Å². The van der Waals surface area contributed by atoms with Gasteiger partial charge in [0.05, 0.1) is 11.1 Å². The summed E-state index contributed by atoms with van der Waals surface area (Å²) in [6, 6.07) is 19.1. The van der Waals surface area contributed by atoms with Gasteiger partial charge < -0.3 is 14.6 Å². The molecule has 0 aliphatic carbocycles. The molecule has 126 valence electrons. The Morgan fingerprint density at radius 1 is 0.846 bits per heavy atom. The smallest absolute Gasteiger partial charge is 0.340 e. The zero-order chi connectivity index (χ0) is 17.9. The third kappa shape index (κ3) is 1.74. The minimum Gasteiger partial charge on any atom is -0.478 e. The van der Waals surface area contributed by atoms with Crippen LogP contribution < -0.4 is 4.74 Å². The van der Waals surface area contributed by atoms with Crippen LogP contribution in [0.3, 0.4) is 0 Å². The molecule has 2 heterocycles. The highest BCUT2D eigenvalue weighted by molar-refractivity contribution is 5.97. The first-order valence-electron chi connectivity index (χ1n) is 8.09. The van der Waals surface area contributed by atoms with Gasteiger partial charge in [-0.25, -0.2) is 9.59 Å². The number of carboxylic acid groups (broad SMARTS) is 1. The lowest BCUT2D eigenvalue weighted by Gasteiger charge is -2.36. The van der Waals surface area contributed by atoms with E-state index in [1.165, 1.54) is 12.1 Å². The molecule has 0 fully saturated rings. The van der Waals surface area contributed by atoms with Gasteiger partial charge in [0.2, 0.25) is 0 Å². The first kappa shape index (κ1) is 14.7. The summed E-state index contributed by atoms with van der Waals surface area (Å²) >= 11 is 0. The predicted octanol–water partition coefficient (Wildman–Crippen LogP) is 3.95. The average molecular weight is 344 g/mol. The van der Waals surface area contributed by atoms with Crippen molar-refractivity contribution in [2.24, 2.45) is 0 Å². The fourth-order valence-corrected chi connectivity index (χ4v) is 3.75. The molecular weight excluding hydrogens is 332 g/mol. The number of ether oxygens (including phenoxy) is 2. The van der Waals surface area contributed by atoms with Gasteiger partial charge in [-0.1, -0.05) is 36.4 Å². The molecule has 26 heavy (non-hydrogen) atoms. The van der Waals surface area contributed by atoms with E-state index in [4.69, 9.17) is 9.47 Å². The molecule has 2 aliphatic heterocycles. The summed E-state index contributed by atoms with van der Waals surface area (Å²) in [5.74, 6) is -0.450. The Labute approximate surface area is 148 Å². The molecule has 5 heteroatoms. The SMILES string of the molecule is O=C(O)c1ccc2c(c1)C1(OC(=O)c3ccccc31)c1ccccc1O2. The van der Waals surface area contributed by atoms with Gasteiger partial charge >= 0.3 is 11.9 Å². The molecule has 3 aromatic carbocycles. The Balaban J connectivity index is 1.90. The zero-order valence-electron chi connectivity index (χ0n) is 13.4. The maximum Gasteiger partial charge on any atom is 0.340 e. The quantitative estimate of drug-likeness (QED) is 0.677. The topological polar surface area (TPSA) is 72.8 Å². The Hall–Kier alpha value is -3.60. The zero-order valence-corrected chi connectivity index (χ0v) is 13.4.